The fourth-order valence-corrected chi connectivity index (χ4v) is 4.20. The number of sulfonamides is 1. The molecule has 0 saturated carbocycles. The van der Waals surface area contributed by atoms with Crippen molar-refractivity contribution in [3.63, 3.8) is 0 Å². The Hall–Kier alpha value is -2.29. The molecule has 0 aliphatic carbocycles. The van der Waals surface area contributed by atoms with E-state index in [1.807, 2.05) is 0 Å². The first-order valence-corrected chi connectivity index (χ1v) is 9.23. The summed E-state index contributed by atoms with van der Waals surface area (Å²) in [4.78, 5) is 3.87. The molecule has 0 radical (unpaired) electrons. The highest BCUT2D eigenvalue weighted by atomic mass is 32.2. The van der Waals surface area contributed by atoms with Gasteiger partial charge in [0, 0.05) is 19.3 Å². The quantitative estimate of drug-likeness (QED) is 0.896. The van der Waals surface area contributed by atoms with Crippen LogP contribution >= 0.6 is 0 Å². The third-order valence-corrected chi connectivity index (χ3v) is 5.73. The van der Waals surface area contributed by atoms with E-state index in [2.05, 4.69) is 10.3 Å². The van der Waals surface area contributed by atoms with Gasteiger partial charge in [0.25, 0.3) is 0 Å². The van der Waals surface area contributed by atoms with E-state index in [0.29, 0.717) is 18.7 Å². The number of anilines is 2. The molecule has 0 atom stereocenters. The summed E-state index contributed by atoms with van der Waals surface area (Å²) in [5.41, 5.74) is 0.537. The van der Waals surface area contributed by atoms with Gasteiger partial charge < -0.3 is 5.32 Å². The number of hydrogen-bond donors (Lipinski definition) is 1. The van der Waals surface area contributed by atoms with Crippen LogP contribution < -0.4 is 9.62 Å². The first-order valence-electron chi connectivity index (χ1n) is 7.62. The van der Waals surface area contributed by atoms with Gasteiger partial charge in [0.1, 0.15) is 5.82 Å². The summed E-state index contributed by atoms with van der Waals surface area (Å²) in [5, 5.41) is 2.83. The minimum Gasteiger partial charge on any atom is -0.366 e. The Kier molecular flexibility index (Phi) is 4.59. The monoisotopic (exact) mass is 371 g/mol. The zero-order valence-electron chi connectivity index (χ0n) is 13.1. The smallest absolute Gasteiger partial charge is 0.366 e. The zero-order valence-corrected chi connectivity index (χ0v) is 13.9. The van der Waals surface area contributed by atoms with Crippen LogP contribution in [0.2, 0.25) is 0 Å². The first kappa shape index (κ1) is 17.5. The maximum absolute atomic E-state index is 12.7. The number of aromatic nitrogens is 1. The van der Waals surface area contributed by atoms with E-state index < -0.39 is 21.8 Å². The molecule has 0 bridgehead atoms. The van der Waals surface area contributed by atoms with Gasteiger partial charge in [-0.1, -0.05) is 12.1 Å². The molecule has 9 heteroatoms. The zero-order chi connectivity index (χ0) is 18.1. The van der Waals surface area contributed by atoms with Crippen LogP contribution in [0.15, 0.2) is 42.6 Å². The number of benzene rings is 1. The lowest BCUT2D eigenvalue weighted by Crippen LogP contribution is -2.25. The summed E-state index contributed by atoms with van der Waals surface area (Å²) in [6.45, 7) is 0.671. The minimum absolute atomic E-state index is 0.106. The highest BCUT2D eigenvalue weighted by Gasteiger charge is 2.31. The third kappa shape index (κ3) is 4.04. The SMILES string of the molecule is O=S1(=O)CCCN1c1cccc(CNc2cc(C(F)(F)F)ccn2)c1. The molecule has 1 aliphatic heterocycles. The van der Waals surface area contributed by atoms with Crippen molar-refractivity contribution in [2.75, 3.05) is 21.9 Å². The van der Waals surface area contributed by atoms with E-state index in [0.717, 1.165) is 23.9 Å². The van der Waals surface area contributed by atoms with E-state index in [1.54, 1.807) is 24.3 Å². The highest BCUT2D eigenvalue weighted by Crippen LogP contribution is 2.30. The topological polar surface area (TPSA) is 62.3 Å². The van der Waals surface area contributed by atoms with Gasteiger partial charge in [0.05, 0.1) is 17.0 Å². The van der Waals surface area contributed by atoms with Crippen molar-refractivity contribution in [1.82, 2.24) is 4.98 Å². The number of hydrogen-bond acceptors (Lipinski definition) is 4. The van der Waals surface area contributed by atoms with Crippen LogP contribution in [0.1, 0.15) is 17.5 Å². The van der Waals surface area contributed by atoms with Crippen LogP contribution in [-0.2, 0) is 22.7 Å². The van der Waals surface area contributed by atoms with Crippen LogP contribution in [0.3, 0.4) is 0 Å². The Morgan fingerprint density at radius 2 is 2.00 bits per heavy atom. The highest BCUT2D eigenvalue weighted by molar-refractivity contribution is 7.93. The standard InChI is InChI=1S/C16H16F3N3O2S/c17-16(18,19)13-5-6-20-15(10-13)21-11-12-3-1-4-14(9-12)22-7-2-8-25(22,23)24/h1,3-6,9-10H,2,7-8,11H2,(H,20,21). The second-order valence-electron chi connectivity index (χ2n) is 5.69. The Bertz CT molecular complexity index is 869. The van der Waals surface area contributed by atoms with E-state index in [1.165, 1.54) is 4.31 Å². The van der Waals surface area contributed by atoms with E-state index in [-0.39, 0.29) is 18.1 Å². The van der Waals surface area contributed by atoms with Crippen LogP contribution in [0.5, 0.6) is 0 Å². The molecule has 0 amide bonds. The van der Waals surface area contributed by atoms with Gasteiger partial charge in [-0.05, 0) is 36.2 Å². The maximum Gasteiger partial charge on any atom is 0.416 e. The van der Waals surface area contributed by atoms with Crippen molar-refractivity contribution in [2.24, 2.45) is 0 Å². The van der Waals surface area contributed by atoms with Gasteiger partial charge >= 0.3 is 6.18 Å². The number of rotatable bonds is 4. The average molecular weight is 371 g/mol. The van der Waals surface area contributed by atoms with Crippen LogP contribution in [0, 0.1) is 0 Å². The molecule has 1 saturated heterocycles. The maximum atomic E-state index is 12.7. The molecule has 5 nitrogen and oxygen atoms in total. The Labute approximate surface area is 143 Å². The number of nitrogens with one attached hydrogen (secondary N) is 1. The third-order valence-electron chi connectivity index (χ3n) is 3.86. The molecule has 134 valence electrons. The molecule has 1 aromatic carbocycles. The summed E-state index contributed by atoms with van der Waals surface area (Å²) in [6.07, 6.45) is -2.75. The van der Waals surface area contributed by atoms with Gasteiger partial charge in [-0.15, -0.1) is 0 Å². The average Bonchev–Trinajstić information content (AvgIpc) is 2.92. The lowest BCUT2D eigenvalue weighted by Gasteiger charge is -2.18. The molecule has 1 aromatic heterocycles. The van der Waals surface area contributed by atoms with Crippen LogP contribution in [-0.4, -0.2) is 25.7 Å². The van der Waals surface area contributed by atoms with Gasteiger partial charge in [-0.3, -0.25) is 4.31 Å². The molecule has 1 N–H and O–H groups in total. The van der Waals surface area contributed by atoms with E-state index in [4.69, 9.17) is 0 Å². The fraction of sp³-hybridized carbons (Fsp3) is 0.312. The van der Waals surface area contributed by atoms with Gasteiger partial charge in [0.15, 0.2) is 0 Å². The normalized spacial score (nSPS) is 16.8. The molecule has 1 fully saturated rings. The lowest BCUT2D eigenvalue weighted by atomic mass is 10.2. The molecular formula is C16H16F3N3O2S. The second-order valence-corrected chi connectivity index (χ2v) is 7.71. The van der Waals surface area contributed by atoms with Crippen LogP contribution in [0.25, 0.3) is 0 Å². The van der Waals surface area contributed by atoms with Gasteiger partial charge in [0.2, 0.25) is 10.0 Å². The Balaban J connectivity index is 1.73. The molecular weight excluding hydrogens is 355 g/mol. The fourth-order valence-electron chi connectivity index (χ4n) is 2.65. The largest absolute Gasteiger partial charge is 0.416 e. The number of alkyl halides is 3. The Morgan fingerprint density at radius 3 is 2.68 bits per heavy atom. The number of pyridine rings is 1. The predicted molar refractivity (Wildman–Crippen MR) is 88.8 cm³/mol. The number of halogens is 3. The Morgan fingerprint density at radius 1 is 1.20 bits per heavy atom. The lowest BCUT2D eigenvalue weighted by molar-refractivity contribution is -0.137. The summed E-state index contributed by atoms with van der Waals surface area (Å²) >= 11 is 0. The van der Waals surface area contributed by atoms with Crippen molar-refractivity contribution in [1.29, 1.82) is 0 Å². The molecule has 2 aromatic rings. The molecule has 3 rings (SSSR count). The molecule has 25 heavy (non-hydrogen) atoms. The summed E-state index contributed by atoms with van der Waals surface area (Å²) in [7, 11) is -3.27. The summed E-state index contributed by atoms with van der Waals surface area (Å²) in [6, 6.07) is 8.75. The van der Waals surface area contributed by atoms with Crippen molar-refractivity contribution in [2.45, 2.75) is 19.1 Å². The molecule has 2 heterocycles. The van der Waals surface area contributed by atoms with Crippen LogP contribution in [0.4, 0.5) is 24.7 Å². The first-order chi connectivity index (χ1) is 11.8. The van der Waals surface area contributed by atoms with Gasteiger partial charge in [-0.25, -0.2) is 13.4 Å². The van der Waals surface area contributed by atoms with Crippen molar-refractivity contribution >= 4 is 21.5 Å². The van der Waals surface area contributed by atoms with Crippen molar-refractivity contribution in [3.8, 4) is 0 Å². The number of nitrogens with zero attached hydrogens (tertiary/aromatic N) is 2. The second kappa shape index (κ2) is 6.55. The van der Waals surface area contributed by atoms with E-state index in [9.17, 15) is 21.6 Å². The van der Waals surface area contributed by atoms with Crippen molar-refractivity contribution < 1.29 is 21.6 Å². The predicted octanol–water partition coefficient (Wildman–Crippen LogP) is 3.25. The molecule has 1 aliphatic rings. The summed E-state index contributed by atoms with van der Waals surface area (Å²) in [5.74, 6) is 0.234. The van der Waals surface area contributed by atoms with E-state index >= 15 is 0 Å². The van der Waals surface area contributed by atoms with Crippen molar-refractivity contribution in [3.05, 3.63) is 53.7 Å². The molecule has 0 unspecified atom stereocenters. The summed E-state index contributed by atoms with van der Waals surface area (Å²) < 4.78 is 63.5. The van der Waals surface area contributed by atoms with Gasteiger partial charge in [-0.2, -0.15) is 13.2 Å². The minimum atomic E-state index is -4.43. The molecule has 0 spiro atoms.